The number of carbonyl (C=O) groups is 3. The lowest BCUT2D eigenvalue weighted by Crippen LogP contribution is -2.45. The smallest absolute Gasteiger partial charge is 0.182 e. The summed E-state index contributed by atoms with van der Waals surface area (Å²) in [6.07, 6.45) is 0.657. The molecular weight excluding hydrogens is 401 g/mol. The summed E-state index contributed by atoms with van der Waals surface area (Å²) in [7, 11) is 0. The molecule has 0 spiro atoms. The van der Waals surface area contributed by atoms with Crippen LogP contribution in [0, 0.1) is 11.8 Å². The van der Waals surface area contributed by atoms with Crippen LogP contribution >= 0.6 is 23.2 Å². The van der Waals surface area contributed by atoms with E-state index in [4.69, 9.17) is 27.9 Å². The zero-order valence-corrected chi connectivity index (χ0v) is 17.8. The van der Waals surface area contributed by atoms with E-state index in [0.717, 1.165) is 13.1 Å². The standard InChI is InChI=1S/C21H25Cl2NO4/c1-11-6-17(25)19(18(26)7-11)21(27)14-4-5-16(22)15(20(14)23)10-24-8-12(2)28-13(3)9-24/h4-5,11-13,19H,6-10H2,1-3H3. The van der Waals surface area contributed by atoms with Gasteiger partial charge in [-0.2, -0.15) is 0 Å². The number of Topliss-reactive ketones (excluding diaryl/α,β-unsaturated/α-hetero) is 3. The third kappa shape index (κ3) is 4.48. The maximum Gasteiger partial charge on any atom is 0.182 e. The van der Waals surface area contributed by atoms with Crippen LogP contribution in [0.5, 0.6) is 0 Å². The highest BCUT2D eigenvalue weighted by Gasteiger charge is 2.40. The lowest BCUT2D eigenvalue weighted by atomic mass is 9.77. The summed E-state index contributed by atoms with van der Waals surface area (Å²) in [4.78, 5) is 39.9. The Kier molecular flexibility index (Phi) is 6.60. The third-order valence-corrected chi connectivity index (χ3v) is 6.12. The zero-order valence-electron chi connectivity index (χ0n) is 16.3. The van der Waals surface area contributed by atoms with Gasteiger partial charge in [0.2, 0.25) is 0 Å². The summed E-state index contributed by atoms with van der Waals surface area (Å²) in [6.45, 7) is 7.79. The Morgan fingerprint density at radius 3 is 2.21 bits per heavy atom. The number of morpholine rings is 1. The van der Waals surface area contributed by atoms with Crippen molar-refractivity contribution in [2.24, 2.45) is 11.8 Å². The van der Waals surface area contributed by atoms with Crippen LogP contribution in [-0.4, -0.2) is 47.5 Å². The van der Waals surface area contributed by atoms with Gasteiger partial charge in [-0.05, 0) is 31.9 Å². The number of ketones is 3. The first kappa shape index (κ1) is 21.4. The van der Waals surface area contributed by atoms with Crippen LogP contribution in [0.4, 0.5) is 0 Å². The topological polar surface area (TPSA) is 63.7 Å². The number of carbonyl (C=O) groups excluding carboxylic acids is 3. The van der Waals surface area contributed by atoms with Crippen LogP contribution in [0.1, 0.15) is 49.5 Å². The van der Waals surface area contributed by atoms with Crippen LogP contribution in [0.3, 0.4) is 0 Å². The van der Waals surface area contributed by atoms with Gasteiger partial charge in [0, 0.05) is 48.6 Å². The molecule has 0 bridgehead atoms. The predicted molar refractivity (Wildman–Crippen MR) is 108 cm³/mol. The molecule has 2 unspecified atom stereocenters. The van der Waals surface area contributed by atoms with Gasteiger partial charge in [0.1, 0.15) is 5.92 Å². The van der Waals surface area contributed by atoms with Gasteiger partial charge in [0.25, 0.3) is 0 Å². The average molecular weight is 426 g/mol. The molecule has 7 heteroatoms. The Labute approximate surface area is 175 Å². The first-order chi connectivity index (χ1) is 13.2. The van der Waals surface area contributed by atoms with Crippen molar-refractivity contribution in [1.29, 1.82) is 0 Å². The minimum Gasteiger partial charge on any atom is -0.373 e. The van der Waals surface area contributed by atoms with Gasteiger partial charge in [-0.15, -0.1) is 0 Å². The lowest BCUT2D eigenvalue weighted by molar-refractivity contribution is -0.134. The molecule has 1 aliphatic heterocycles. The lowest BCUT2D eigenvalue weighted by Gasteiger charge is -2.35. The second-order valence-corrected chi connectivity index (χ2v) is 8.87. The predicted octanol–water partition coefficient (Wildman–Crippen LogP) is 3.97. The Morgan fingerprint density at radius 2 is 1.64 bits per heavy atom. The average Bonchev–Trinajstić information content (AvgIpc) is 2.56. The van der Waals surface area contributed by atoms with Gasteiger partial charge < -0.3 is 4.74 Å². The van der Waals surface area contributed by atoms with Crippen molar-refractivity contribution in [3.8, 4) is 0 Å². The fraction of sp³-hybridized carbons (Fsp3) is 0.571. The molecule has 2 atom stereocenters. The maximum atomic E-state index is 13.0. The zero-order chi connectivity index (χ0) is 20.6. The maximum absolute atomic E-state index is 13.0. The van der Waals surface area contributed by atoms with E-state index in [1.54, 1.807) is 6.07 Å². The van der Waals surface area contributed by atoms with Crippen molar-refractivity contribution < 1.29 is 19.1 Å². The van der Waals surface area contributed by atoms with Crippen molar-refractivity contribution in [1.82, 2.24) is 4.90 Å². The summed E-state index contributed by atoms with van der Waals surface area (Å²) in [5, 5.41) is 0.687. The molecule has 1 saturated carbocycles. The number of ether oxygens (including phenoxy) is 1. The highest BCUT2D eigenvalue weighted by Crippen LogP contribution is 2.33. The van der Waals surface area contributed by atoms with E-state index in [9.17, 15) is 14.4 Å². The van der Waals surface area contributed by atoms with Crippen molar-refractivity contribution in [2.45, 2.75) is 52.4 Å². The van der Waals surface area contributed by atoms with E-state index in [2.05, 4.69) is 4.90 Å². The van der Waals surface area contributed by atoms with Crippen LogP contribution in [0.25, 0.3) is 0 Å². The van der Waals surface area contributed by atoms with Crippen molar-refractivity contribution in [3.05, 3.63) is 33.3 Å². The van der Waals surface area contributed by atoms with Crippen molar-refractivity contribution in [2.75, 3.05) is 13.1 Å². The molecule has 0 amide bonds. The molecule has 1 heterocycles. The molecule has 1 aromatic carbocycles. The molecule has 3 rings (SSSR count). The van der Waals surface area contributed by atoms with Crippen molar-refractivity contribution in [3.63, 3.8) is 0 Å². The normalized spacial score (nSPS) is 29.2. The minimum atomic E-state index is -1.24. The highest BCUT2D eigenvalue weighted by molar-refractivity contribution is 6.39. The SMILES string of the molecule is CC1CC(=O)C(C(=O)c2ccc(Cl)c(CN3CC(C)OC(C)C3)c2Cl)C(=O)C1. The van der Waals surface area contributed by atoms with Gasteiger partial charge in [-0.1, -0.05) is 30.1 Å². The fourth-order valence-electron chi connectivity index (χ4n) is 4.19. The van der Waals surface area contributed by atoms with Crippen LogP contribution in [0.2, 0.25) is 10.0 Å². The monoisotopic (exact) mass is 425 g/mol. The Hall–Kier alpha value is -1.27. The largest absolute Gasteiger partial charge is 0.373 e. The molecule has 2 aliphatic rings. The number of benzene rings is 1. The molecule has 0 radical (unpaired) electrons. The minimum absolute atomic E-state index is 0.0226. The fourth-order valence-corrected chi connectivity index (χ4v) is 4.78. The molecule has 1 saturated heterocycles. The molecule has 2 fully saturated rings. The summed E-state index contributed by atoms with van der Waals surface area (Å²) < 4.78 is 5.75. The molecule has 28 heavy (non-hydrogen) atoms. The Bertz CT molecular complexity index is 782. The van der Waals surface area contributed by atoms with E-state index in [1.807, 2.05) is 20.8 Å². The van der Waals surface area contributed by atoms with Gasteiger partial charge in [-0.3, -0.25) is 19.3 Å². The Balaban J connectivity index is 1.87. The molecule has 152 valence electrons. The number of halogens is 2. The van der Waals surface area contributed by atoms with Gasteiger partial charge in [0.05, 0.1) is 17.2 Å². The van der Waals surface area contributed by atoms with Crippen LogP contribution in [-0.2, 0) is 20.9 Å². The summed E-state index contributed by atoms with van der Waals surface area (Å²) in [5.41, 5.74) is 0.830. The second kappa shape index (κ2) is 8.62. The van der Waals surface area contributed by atoms with Crippen molar-refractivity contribution >= 4 is 40.6 Å². The molecule has 0 N–H and O–H groups in total. The first-order valence-corrected chi connectivity index (χ1v) is 10.4. The van der Waals surface area contributed by atoms with E-state index < -0.39 is 11.7 Å². The van der Waals surface area contributed by atoms with E-state index in [0.29, 0.717) is 17.1 Å². The first-order valence-electron chi connectivity index (χ1n) is 9.61. The van der Waals surface area contributed by atoms with Gasteiger partial charge in [0.15, 0.2) is 17.3 Å². The van der Waals surface area contributed by atoms with E-state index in [1.165, 1.54) is 6.07 Å². The second-order valence-electron chi connectivity index (χ2n) is 8.08. The number of hydrogen-bond acceptors (Lipinski definition) is 5. The van der Waals surface area contributed by atoms with Crippen LogP contribution < -0.4 is 0 Å². The van der Waals surface area contributed by atoms with Crippen LogP contribution in [0.15, 0.2) is 12.1 Å². The summed E-state index contributed by atoms with van der Waals surface area (Å²) >= 11 is 12.9. The quantitative estimate of drug-likeness (QED) is 0.539. The molecule has 0 aromatic heterocycles. The van der Waals surface area contributed by atoms with Gasteiger partial charge >= 0.3 is 0 Å². The van der Waals surface area contributed by atoms with E-state index >= 15 is 0 Å². The highest BCUT2D eigenvalue weighted by atomic mass is 35.5. The third-order valence-electron chi connectivity index (χ3n) is 5.33. The molecule has 1 aliphatic carbocycles. The number of nitrogens with zero attached hydrogens (tertiary/aromatic N) is 1. The molecule has 5 nitrogen and oxygen atoms in total. The summed E-state index contributed by atoms with van der Waals surface area (Å²) in [6, 6.07) is 3.13. The molecule has 1 aromatic rings. The van der Waals surface area contributed by atoms with Gasteiger partial charge in [-0.25, -0.2) is 0 Å². The Morgan fingerprint density at radius 1 is 1.07 bits per heavy atom. The number of rotatable bonds is 4. The molecular formula is C21H25Cl2NO4. The van der Waals surface area contributed by atoms with E-state index in [-0.39, 0.29) is 53.1 Å². The summed E-state index contributed by atoms with van der Waals surface area (Å²) in [5.74, 6) is -2.43. The number of hydrogen-bond donors (Lipinski definition) is 0.